The highest BCUT2D eigenvalue weighted by molar-refractivity contribution is 5.85. The summed E-state index contributed by atoms with van der Waals surface area (Å²) in [4.78, 5) is 37.8. The first kappa shape index (κ1) is 18.8. The molecule has 1 aromatic heterocycles. The Morgan fingerprint density at radius 2 is 1.92 bits per heavy atom. The van der Waals surface area contributed by atoms with Crippen molar-refractivity contribution in [1.29, 1.82) is 0 Å². The van der Waals surface area contributed by atoms with E-state index in [1.54, 1.807) is 18.2 Å². The van der Waals surface area contributed by atoms with Gasteiger partial charge in [0, 0.05) is 25.0 Å². The highest BCUT2D eigenvalue weighted by atomic mass is 16.4. The van der Waals surface area contributed by atoms with E-state index in [1.807, 2.05) is 33.8 Å². The predicted octanol–water partition coefficient (Wildman–Crippen LogP) is 1.75. The maximum atomic E-state index is 12.4. The van der Waals surface area contributed by atoms with Crippen LogP contribution in [0, 0.1) is 0 Å². The van der Waals surface area contributed by atoms with Crippen molar-refractivity contribution in [3.8, 4) is 0 Å². The van der Waals surface area contributed by atoms with Crippen LogP contribution in [0.5, 0.6) is 0 Å². The number of likely N-dealkylation sites (N-methyl/N-ethyl adjacent to an activating group) is 1. The second-order valence-electron chi connectivity index (χ2n) is 6.94. The Morgan fingerprint density at radius 1 is 1.24 bits per heavy atom. The SMILES string of the molecule is CCN(CC(=O)NC(C)(C)C)C(=O)CCn1c(=O)oc2ccccc21. The van der Waals surface area contributed by atoms with Crippen molar-refractivity contribution in [3.63, 3.8) is 0 Å². The highest BCUT2D eigenvalue weighted by Gasteiger charge is 2.20. The average molecular weight is 347 g/mol. The van der Waals surface area contributed by atoms with E-state index in [1.165, 1.54) is 9.47 Å². The van der Waals surface area contributed by atoms with Crippen LogP contribution in [-0.4, -0.2) is 39.9 Å². The van der Waals surface area contributed by atoms with E-state index >= 15 is 0 Å². The number of para-hydroxylation sites is 2. The number of carbonyl (C=O) groups excluding carboxylic acids is 2. The zero-order valence-corrected chi connectivity index (χ0v) is 15.2. The molecule has 25 heavy (non-hydrogen) atoms. The summed E-state index contributed by atoms with van der Waals surface area (Å²) in [6.45, 7) is 8.14. The third kappa shape index (κ3) is 4.95. The number of aryl methyl sites for hydroxylation is 1. The van der Waals surface area contributed by atoms with Crippen LogP contribution in [0.4, 0.5) is 0 Å². The van der Waals surface area contributed by atoms with Gasteiger partial charge in [0.1, 0.15) is 0 Å². The minimum atomic E-state index is -0.484. The van der Waals surface area contributed by atoms with Gasteiger partial charge in [0.15, 0.2) is 5.58 Å². The maximum absolute atomic E-state index is 12.4. The Balaban J connectivity index is 2.01. The monoisotopic (exact) mass is 347 g/mol. The molecule has 0 aliphatic carbocycles. The molecule has 1 aromatic carbocycles. The zero-order chi connectivity index (χ0) is 18.6. The Morgan fingerprint density at radius 3 is 2.56 bits per heavy atom. The first-order valence-corrected chi connectivity index (χ1v) is 8.38. The fourth-order valence-electron chi connectivity index (χ4n) is 2.60. The molecule has 7 nitrogen and oxygen atoms in total. The Hall–Kier alpha value is -2.57. The number of benzene rings is 1. The second-order valence-corrected chi connectivity index (χ2v) is 6.94. The van der Waals surface area contributed by atoms with Gasteiger partial charge in [-0.1, -0.05) is 12.1 Å². The van der Waals surface area contributed by atoms with Gasteiger partial charge in [-0.05, 0) is 39.8 Å². The summed E-state index contributed by atoms with van der Waals surface area (Å²) in [6, 6.07) is 7.08. The minimum absolute atomic E-state index is 0.00758. The number of fused-ring (bicyclic) bond motifs is 1. The highest BCUT2D eigenvalue weighted by Crippen LogP contribution is 2.12. The van der Waals surface area contributed by atoms with E-state index in [-0.39, 0.29) is 36.9 Å². The van der Waals surface area contributed by atoms with E-state index in [2.05, 4.69) is 5.32 Å². The van der Waals surface area contributed by atoms with Gasteiger partial charge in [-0.15, -0.1) is 0 Å². The predicted molar refractivity (Wildman–Crippen MR) is 95.2 cm³/mol. The third-order valence-electron chi connectivity index (χ3n) is 3.71. The molecule has 2 rings (SSSR count). The standard InChI is InChI=1S/C18H25N3O4/c1-5-20(12-15(22)19-18(2,3)4)16(23)10-11-21-13-8-6-7-9-14(13)25-17(21)24/h6-9H,5,10-12H2,1-4H3,(H,19,22). The average Bonchev–Trinajstić information content (AvgIpc) is 2.84. The van der Waals surface area contributed by atoms with Crippen LogP contribution in [0.3, 0.4) is 0 Å². The van der Waals surface area contributed by atoms with Crippen LogP contribution >= 0.6 is 0 Å². The Kier molecular flexibility index (Phi) is 5.66. The van der Waals surface area contributed by atoms with Crippen molar-refractivity contribution in [3.05, 3.63) is 34.8 Å². The summed E-state index contributed by atoms with van der Waals surface area (Å²) < 4.78 is 6.60. The topological polar surface area (TPSA) is 84.5 Å². The molecular formula is C18H25N3O4. The van der Waals surface area contributed by atoms with Crippen molar-refractivity contribution in [2.24, 2.45) is 0 Å². The van der Waals surface area contributed by atoms with Crippen molar-refractivity contribution in [2.45, 2.75) is 46.2 Å². The lowest BCUT2D eigenvalue weighted by Crippen LogP contribution is -2.47. The number of aromatic nitrogens is 1. The molecule has 136 valence electrons. The fourth-order valence-corrected chi connectivity index (χ4v) is 2.60. The first-order chi connectivity index (χ1) is 11.7. The van der Waals surface area contributed by atoms with Gasteiger partial charge in [0.2, 0.25) is 11.8 Å². The molecule has 0 spiro atoms. The van der Waals surface area contributed by atoms with Crippen LogP contribution in [0.1, 0.15) is 34.1 Å². The van der Waals surface area contributed by atoms with Gasteiger partial charge in [0.05, 0.1) is 12.1 Å². The molecule has 1 N–H and O–H groups in total. The van der Waals surface area contributed by atoms with Crippen LogP contribution in [-0.2, 0) is 16.1 Å². The second kappa shape index (κ2) is 7.55. The van der Waals surface area contributed by atoms with Crippen molar-refractivity contribution in [1.82, 2.24) is 14.8 Å². The molecule has 0 saturated carbocycles. The van der Waals surface area contributed by atoms with Gasteiger partial charge in [-0.2, -0.15) is 0 Å². The van der Waals surface area contributed by atoms with Crippen LogP contribution in [0.15, 0.2) is 33.5 Å². The summed E-state index contributed by atoms with van der Waals surface area (Å²) in [6.07, 6.45) is 0.125. The third-order valence-corrected chi connectivity index (χ3v) is 3.71. The molecule has 0 aliphatic rings. The molecular weight excluding hydrogens is 322 g/mol. The number of hydrogen-bond donors (Lipinski definition) is 1. The molecule has 2 aromatic rings. The summed E-state index contributed by atoms with van der Waals surface area (Å²) >= 11 is 0. The molecule has 0 aliphatic heterocycles. The van der Waals surface area contributed by atoms with Gasteiger partial charge in [-0.25, -0.2) is 4.79 Å². The lowest BCUT2D eigenvalue weighted by atomic mass is 10.1. The van der Waals surface area contributed by atoms with Crippen molar-refractivity contribution >= 4 is 22.9 Å². The fraction of sp³-hybridized carbons (Fsp3) is 0.500. The number of nitrogens with zero attached hydrogens (tertiary/aromatic N) is 2. The molecule has 2 amide bonds. The maximum Gasteiger partial charge on any atom is 0.419 e. The van der Waals surface area contributed by atoms with Crippen LogP contribution in [0.2, 0.25) is 0 Å². The van der Waals surface area contributed by atoms with Crippen LogP contribution in [0.25, 0.3) is 11.1 Å². The van der Waals surface area contributed by atoms with Gasteiger partial charge < -0.3 is 14.6 Å². The summed E-state index contributed by atoms with van der Waals surface area (Å²) in [5.41, 5.74) is 0.813. The quantitative estimate of drug-likeness (QED) is 0.863. The normalized spacial score (nSPS) is 11.5. The molecule has 1 heterocycles. The number of hydrogen-bond acceptors (Lipinski definition) is 4. The smallest absolute Gasteiger partial charge is 0.408 e. The Labute approximate surface area is 146 Å². The lowest BCUT2D eigenvalue weighted by Gasteiger charge is -2.25. The molecule has 0 radical (unpaired) electrons. The van der Waals surface area contributed by atoms with E-state index in [9.17, 15) is 14.4 Å². The summed E-state index contributed by atoms with van der Waals surface area (Å²) in [5.74, 6) is -0.861. The molecule has 0 bridgehead atoms. The van der Waals surface area contributed by atoms with Crippen molar-refractivity contribution < 1.29 is 14.0 Å². The summed E-state index contributed by atoms with van der Waals surface area (Å²) in [7, 11) is 0. The number of carbonyl (C=O) groups is 2. The van der Waals surface area contributed by atoms with Gasteiger partial charge in [-0.3, -0.25) is 14.2 Å². The molecule has 7 heteroatoms. The lowest BCUT2D eigenvalue weighted by molar-refractivity contribution is -0.136. The van der Waals surface area contributed by atoms with Crippen LogP contribution < -0.4 is 11.1 Å². The van der Waals surface area contributed by atoms with E-state index in [4.69, 9.17) is 4.42 Å². The van der Waals surface area contributed by atoms with E-state index < -0.39 is 5.76 Å². The molecule has 0 atom stereocenters. The zero-order valence-electron chi connectivity index (χ0n) is 15.2. The number of amides is 2. The molecule has 0 fully saturated rings. The number of rotatable bonds is 6. The first-order valence-electron chi connectivity index (χ1n) is 8.38. The van der Waals surface area contributed by atoms with Gasteiger partial charge in [0.25, 0.3) is 0 Å². The minimum Gasteiger partial charge on any atom is -0.408 e. The number of oxazole rings is 1. The van der Waals surface area contributed by atoms with Gasteiger partial charge >= 0.3 is 5.76 Å². The van der Waals surface area contributed by atoms with Crippen molar-refractivity contribution in [2.75, 3.05) is 13.1 Å². The summed E-state index contributed by atoms with van der Waals surface area (Å²) in [5, 5.41) is 2.84. The molecule has 0 unspecified atom stereocenters. The largest absolute Gasteiger partial charge is 0.419 e. The Bertz CT molecular complexity index is 814. The van der Waals surface area contributed by atoms with E-state index in [0.717, 1.165) is 0 Å². The number of nitrogens with one attached hydrogen (secondary N) is 1. The molecule has 0 saturated heterocycles. The van der Waals surface area contributed by atoms with E-state index in [0.29, 0.717) is 17.6 Å².